The maximum absolute atomic E-state index is 9.75. The summed E-state index contributed by atoms with van der Waals surface area (Å²) in [6, 6.07) is 3.28. The molecule has 0 amide bonds. The molecule has 0 saturated carbocycles. The van der Waals surface area contributed by atoms with Gasteiger partial charge in [-0.3, -0.25) is 10.1 Å². The SMILES string of the molecule is CC(N)C(O)c1[nH]nc2cccnc12. The van der Waals surface area contributed by atoms with Crippen LogP contribution >= 0.6 is 0 Å². The van der Waals surface area contributed by atoms with E-state index >= 15 is 0 Å². The summed E-state index contributed by atoms with van der Waals surface area (Å²) in [5.41, 5.74) is 7.59. The number of aromatic nitrogens is 3. The van der Waals surface area contributed by atoms with Gasteiger partial charge in [0.2, 0.25) is 0 Å². The number of nitrogens with two attached hydrogens (primary N) is 1. The van der Waals surface area contributed by atoms with Crippen LogP contribution in [0.25, 0.3) is 11.0 Å². The van der Waals surface area contributed by atoms with Crippen LogP contribution in [0.5, 0.6) is 0 Å². The minimum atomic E-state index is -0.755. The quantitative estimate of drug-likeness (QED) is 0.640. The van der Waals surface area contributed by atoms with Crippen LogP contribution in [0.15, 0.2) is 18.3 Å². The normalized spacial score (nSPS) is 15.6. The summed E-state index contributed by atoms with van der Waals surface area (Å²) < 4.78 is 0. The van der Waals surface area contributed by atoms with Gasteiger partial charge in [-0.1, -0.05) is 0 Å². The van der Waals surface area contributed by atoms with Crippen molar-refractivity contribution in [1.29, 1.82) is 0 Å². The fraction of sp³-hybridized carbons (Fsp3) is 0.333. The van der Waals surface area contributed by atoms with Crippen LogP contribution in [0.1, 0.15) is 18.7 Å². The molecular weight excluding hydrogens is 180 g/mol. The molecule has 2 heterocycles. The molecule has 2 aromatic rings. The largest absolute Gasteiger partial charge is 0.385 e. The third-order valence-corrected chi connectivity index (χ3v) is 2.13. The van der Waals surface area contributed by atoms with Gasteiger partial charge in [0.05, 0.1) is 5.69 Å². The summed E-state index contributed by atoms with van der Waals surface area (Å²) in [5.74, 6) is 0. The second-order valence-electron chi connectivity index (χ2n) is 3.31. The number of H-pyrrole nitrogens is 1. The summed E-state index contributed by atoms with van der Waals surface area (Å²) in [4.78, 5) is 4.14. The summed E-state index contributed by atoms with van der Waals surface area (Å²) in [5, 5.41) is 16.5. The maximum atomic E-state index is 9.75. The third kappa shape index (κ3) is 1.36. The van der Waals surface area contributed by atoms with Gasteiger partial charge in [0.25, 0.3) is 0 Å². The van der Waals surface area contributed by atoms with E-state index in [1.807, 2.05) is 6.07 Å². The van der Waals surface area contributed by atoms with E-state index in [-0.39, 0.29) is 6.04 Å². The Hall–Kier alpha value is -1.46. The molecule has 0 saturated heterocycles. The predicted molar refractivity (Wildman–Crippen MR) is 52.5 cm³/mol. The number of hydrogen-bond donors (Lipinski definition) is 3. The highest BCUT2D eigenvalue weighted by Crippen LogP contribution is 2.20. The minimum absolute atomic E-state index is 0.347. The molecule has 5 nitrogen and oxygen atoms in total. The van der Waals surface area contributed by atoms with Crippen molar-refractivity contribution in [1.82, 2.24) is 15.2 Å². The molecule has 2 rings (SSSR count). The molecule has 4 N–H and O–H groups in total. The number of aliphatic hydroxyl groups is 1. The van der Waals surface area contributed by atoms with Crippen LogP contribution in [0.2, 0.25) is 0 Å². The molecule has 74 valence electrons. The molecule has 0 spiro atoms. The Labute approximate surface area is 81.0 Å². The van der Waals surface area contributed by atoms with Gasteiger partial charge < -0.3 is 10.8 Å². The average Bonchev–Trinajstić information content (AvgIpc) is 2.60. The molecule has 0 radical (unpaired) electrons. The van der Waals surface area contributed by atoms with E-state index in [1.165, 1.54) is 0 Å². The van der Waals surface area contributed by atoms with Crippen LogP contribution in [0.4, 0.5) is 0 Å². The fourth-order valence-electron chi connectivity index (χ4n) is 1.34. The lowest BCUT2D eigenvalue weighted by atomic mass is 10.1. The van der Waals surface area contributed by atoms with E-state index in [4.69, 9.17) is 5.73 Å². The first-order valence-electron chi connectivity index (χ1n) is 4.43. The van der Waals surface area contributed by atoms with Crippen molar-refractivity contribution in [2.45, 2.75) is 19.1 Å². The van der Waals surface area contributed by atoms with Crippen LogP contribution in [-0.4, -0.2) is 26.3 Å². The lowest BCUT2D eigenvalue weighted by Gasteiger charge is -2.11. The van der Waals surface area contributed by atoms with Crippen LogP contribution < -0.4 is 5.73 Å². The molecule has 0 fully saturated rings. The van der Waals surface area contributed by atoms with Crippen LogP contribution in [-0.2, 0) is 0 Å². The maximum Gasteiger partial charge on any atom is 0.114 e. The number of rotatable bonds is 2. The molecule has 2 aromatic heterocycles. The monoisotopic (exact) mass is 192 g/mol. The van der Waals surface area contributed by atoms with Crippen molar-refractivity contribution in [3.05, 3.63) is 24.0 Å². The molecule has 5 heteroatoms. The highest BCUT2D eigenvalue weighted by atomic mass is 16.3. The molecule has 2 unspecified atom stereocenters. The van der Waals surface area contributed by atoms with E-state index in [2.05, 4.69) is 15.2 Å². The fourth-order valence-corrected chi connectivity index (χ4v) is 1.34. The van der Waals surface area contributed by atoms with Crippen molar-refractivity contribution in [3.63, 3.8) is 0 Å². The molecule has 0 aliphatic heterocycles. The Morgan fingerprint density at radius 1 is 1.57 bits per heavy atom. The van der Waals surface area contributed by atoms with Gasteiger partial charge in [0.15, 0.2) is 0 Å². The number of nitrogens with zero attached hydrogens (tertiary/aromatic N) is 2. The van der Waals surface area contributed by atoms with Crippen LogP contribution in [0, 0.1) is 0 Å². The van der Waals surface area contributed by atoms with E-state index < -0.39 is 6.10 Å². The summed E-state index contributed by atoms with van der Waals surface area (Å²) in [6.07, 6.45) is 0.907. The first kappa shape index (κ1) is 9.11. The van der Waals surface area contributed by atoms with E-state index in [1.54, 1.807) is 19.2 Å². The van der Waals surface area contributed by atoms with Crippen molar-refractivity contribution in [2.75, 3.05) is 0 Å². The predicted octanol–water partition coefficient (Wildman–Crippen LogP) is 0.339. The lowest BCUT2D eigenvalue weighted by molar-refractivity contribution is 0.150. The highest BCUT2D eigenvalue weighted by Gasteiger charge is 2.18. The summed E-state index contributed by atoms with van der Waals surface area (Å²) >= 11 is 0. The summed E-state index contributed by atoms with van der Waals surface area (Å²) in [7, 11) is 0. The molecule has 14 heavy (non-hydrogen) atoms. The van der Waals surface area contributed by atoms with Gasteiger partial charge in [-0.15, -0.1) is 0 Å². The molecule has 2 atom stereocenters. The Morgan fingerprint density at radius 2 is 2.36 bits per heavy atom. The van der Waals surface area contributed by atoms with Crippen molar-refractivity contribution >= 4 is 11.0 Å². The van der Waals surface area contributed by atoms with Gasteiger partial charge in [0.1, 0.15) is 17.1 Å². The van der Waals surface area contributed by atoms with Gasteiger partial charge in [-0.05, 0) is 19.1 Å². The highest BCUT2D eigenvalue weighted by molar-refractivity contribution is 5.76. The number of fused-ring (bicyclic) bond motifs is 1. The third-order valence-electron chi connectivity index (χ3n) is 2.13. The van der Waals surface area contributed by atoms with E-state index in [0.717, 1.165) is 5.52 Å². The first-order valence-corrected chi connectivity index (χ1v) is 4.43. The number of hydrogen-bond acceptors (Lipinski definition) is 4. The van der Waals surface area contributed by atoms with E-state index in [0.29, 0.717) is 11.2 Å². The zero-order valence-electron chi connectivity index (χ0n) is 7.81. The average molecular weight is 192 g/mol. The van der Waals surface area contributed by atoms with Crippen molar-refractivity contribution < 1.29 is 5.11 Å². The van der Waals surface area contributed by atoms with Gasteiger partial charge in [-0.2, -0.15) is 5.10 Å². The van der Waals surface area contributed by atoms with Crippen molar-refractivity contribution in [3.8, 4) is 0 Å². The smallest absolute Gasteiger partial charge is 0.114 e. The van der Waals surface area contributed by atoms with E-state index in [9.17, 15) is 5.11 Å². The Kier molecular flexibility index (Phi) is 2.18. The number of aliphatic hydroxyl groups excluding tert-OH is 1. The standard InChI is InChI=1S/C9H12N4O/c1-5(10)9(14)8-7-6(12-13-8)3-2-4-11-7/h2-5,9,14H,10H2,1H3,(H,12,13). The zero-order valence-corrected chi connectivity index (χ0v) is 7.81. The second kappa shape index (κ2) is 3.36. The molecular formula is C9H12N4O. The van der Waals surface area contributed by atoms with Gasteiger partial charge in [-0.25, -0.2) is 0 Å². The molecule has 0 aromatic carbocycles. The topological polar surface area (TPSA) is 87.8 Å². The molecule has 0 aliphatic rings. The zero-order chi connectivity index (χ0) is 10.1. The minimum Gasteiger partial charge on any atom is -0.385 e. The number of aromatic amines is 1. The Balaban J connectivity index is 2.53. The van der Waals surface area contributed by atoms with Crippen LogP contribution in [0.3, 0.4) is 0 Å². The van der Waals surface area contributed by atoms with Gasteiger partial charge in [0, 0.05) is 12.2 Å². The Bertz CT molecular complexity index is 437. The molecule has 0 bridgehead atoms. The Morgan fingerprint density at radius 3 is 3.07 bits per heavy atom. The molecule has 0 aliphatic carbocycles. The van der Waals surface area contributed by atoms with Gasteiger partial charge >= 0.3 is 0 Å². The number of nitrogens with one attached hydrogen (secondary N) is 1. The second-order valence-corrected chi connectivity index (χ2v) is 3.31. The lowest BCUT2D eigenvalue weighted by Crippen LogP contribution is -2.24. The number of pyridine rings is 1. The first-order chi connectivity index (χ1) is 6.70. The van der Waals surface area contributed by atoms with Crippen molar-refractivity contribution in [2.24, 2.45) is 5.73 Å². The summed E-state index contributed by atoms with van der Waals surface area (Å²) in [6.45, 7) is 1.74.